The summed E-state index contributed by atoms with van der Waals surface area (Å²) in [6.07, 6.45) is 0.884. The van der Waals surface area contributed by atoms with E-state index >= 15 is 0 Å². The zero-order valence-electron chi connectivity index (χ0n) is 10.9. The summed E-state index contributed by atoms with van der Waals surface area (Å²) in [6.45, 7) is 3.96. The van der Waals surface area contributed by atoms with Gasteiger partial charge in [-0.05, 0) is 36.6 Å². The highest BCUT2D eigenvalue weighted by molar-refractivity contribution is 7.89. The van der Waals surface area contributed by atoms with Crippen LogP contribution < -0.4 is 0 Å². The second-order valence-corrected chi connectivity index (χ2v) is 6.58. The highest BCUT2D eigenvalue weighted by atomic mass is 32.2. The van der Waals surface area contributed by atoms with Crippen LogP contribution in [-0.2, 0) is 14.8 Å². The molecule has 19 heavy (non-hydrogen) atoms. The third-order valence-electron chi connectivity index (χ3n) is 3.29. The number of sulfonamides is 1. The summed E-state index contributed by atoms with van der Waals surface area (Å²) in [5.74, 6) is -0.193. The Labute approximate surface area is 113 Å². The maximum atomic E-state index is 12.9. The van der Waals surface area contributed by atoms with Gasteiger partial charge in [-0.15, -0.1) is 0 Å². The van der Waals surface area contributed by atoms with E-state index in [1.165, 1.54) is 28.6 Å². The van der Waals surface area contributed by atoms with Crippen LogP contribution in [0.25, 0.3) is 0 Å². The van der Waals surface area contributed by atoms with Gasteiger partial charge in [0.1, 0.15) is 5.82 Å². The molecule has 1 unspecified atom stereocenters. The minimum Gasteiger partial charge on any atom is -0.381 e. The molecule has 0 radical (unpaired) electrons. The summed E-state index contributed by atoms with van der Waals surface area (Å²) in [7, 11) is -3.54. The molecule has 1 aromatic carbocycles. The molecule has 0 aromatic heterocycles. The lowest BCUT2D eigenvalue weighted by Gasteiger charge is -2.23. The molecule has 106 valence electrons. The van der Waals surface area contributed by atoms with Crippen LogP contribution >= 0.6 is 0 Å². The SMILES string of the molecule is CCN(CC1CCOC1)S(=O)(=O)c1ccc(F)cc1. The minimum atomic E-state index is -3.54. The third-order valence-corrected chi connectivity index (χ3v) is 5.24. The summed E-state index contributed by atoms with van der Waals surface area (Å²) in [6, 6.07) is 4.94. The van der Waals surface area contributed by atoms with Gasteiger partial charge in [-0.25, -0.2) is 12.8 Å². The molecule has 0 spiro atoms. The maximum Gasteiger partial charge on any atom is 0.243 e. The van der Waals surface area contributed by atoms with E-state index in [4.69, 9.17) is 4.74 Å². The van der Waals surface area contributed by atoms with Crippen molar-refractivity contribution in [2.45, 2.75) is 18.2 Å². The molecule has 0 saturated carbocycles. The summed E-state index contributed by atoms with van der Waals surface area (Å²) >= 11 is 0. The molecule has 0 N–H and O–H groups in total. The van der Waals surface area contributed by atoms with Crippen molar-refractivity contribution in [1.29, 1.82) is 0 Å². The van der Waals surface area contributed by atoms with Gasteiger partial charge < -0.3 is 4.74 Å². The molecule has 1 aliphatic rings. The molecule has 0 amide bonds. The van der Waals surface area contributed by atoms with Gasteiger partial charge in [0.05, 0.1) is 11.5 Å². The fourth-order valence-electron chi connectivity index (χ4n) is 2.17. The van der Waals surface area contributed by atoms with Gasteiger partial charge in [0.25, 0.3) is 0 Å². The van der Waals surface area contributed by atoms with Gasteiger partial charge in [0, 0.05) is 19.7 Å². The molecule has 0 bridgehead atoms. The van der Waals surface area contributed by atoms with Crippen molar-refractivity contribution in [3.05, 3.63) is 30.1 Å². The first-order chi connectivity index (χ1) is 9.04. The van der Waals surface area contributed by atoms with Crippen LogP contribution in [0.1, 0.15) is 13.3 Å². The van der Waals surface area contributed by atoms with Crippen LogP contribution in [0.15, 0.2) is 29.2 Å². The van der Waals surface area contributed by atoms with E-state index in [0.717, 1.165) is 6.42 Å². The van der Waals surface area contributed by atoms with Gasteiger partial charge in [0.2, 0.25) is 10.0 Å². The fourth-order valence-corrected chi connectivity index (χ4v) is 3.69. The average molecular weight is 287 g/mol. The van der Waals surface area contributed by atoms with E-state index in [1.807, 2.05) is 0 Å². The summed E-state index contributed by atoms with van der Waals surface area (Å²) in [5, 5.41) is 0. The van der Waals surface area contributed by atoms with Gasteiger partial charge in [0.15, 0.2) is 0 Å². The van der Waals surface area contributed by atoms with Crippen molar-refractivity contribution in [2.24, 2.45) is 5.92 Å². The molecule has 1 atom stereocenters. The lowest BCUT2D eigenvalue weighted by atomic mass is 10.1. The van der Waals surface area contributed by atoms with Gasteiger partial charge in [-0.2, -0.15) is 4.31 Å². The predicted octanol–water partition coefficient (Wildman–Crippen LogP) is 1.87. The van der Waals surface area contributed by atoms with E-state index in [2.05, 4.69) is 0 Å². The predicted molar refractivity (Wildman–Crippen MR) is 69.8 cm³/mol. The van der Waals surface area contributed by atoms with Crippen molar-refractivity contribution in [3.8, 4) is 0 Å². The fraction of sp³-hybridized carbons (Fsp3) is 0.538. The summed E-state index contributed by atoms with van der Waals surface area (Å²) < 4.78 is 44.4. The Kier molecular flexibility index (Phi) is 4.54. The lowest BCUT2D eigenvalue weighted by molar-refractivity contribution is 0.181. The molecule has 0 aliphatic carbocycles. The normalized spacial score (nSPS) is 20.1. The number of ether oxygens (including phenoxy) is 1. The van der Waals surface area contributed by atoms with Gasteiger partial charge in [-0.3, -0.25) is 0 Å². The number of halogens is 1. The van der Waals surface area contributed by atoms with Crippen molar-refractivity contribution >= 4 is 10.0 Å². The largest absolute Gasteiger partial charge is 0.381 e. The Morgan fingerprint density at radius 3 is 2.58 bits per heavy atom. The molecular formula is C13H18FNO3S. The van der Waals surface area contributed by atoms with E-state index in [9.17, 15) is 12.8 Å². The smallest absolute Gasteiger partial charge is 0.243 e. The third kappa shape index (κ3) is 3.32. The molecule has 1 saturated heterocycles. The molecule has 6 heteroatoms. The Bertz CT molecular complexity index is 509. The molecule has 1 fully saturated rings. The molecule has 1 heterocycles. The van der Waals surface area contributed by atoms with Gasteiger partial charge >= 0.3 is 0 Å². The van der Waals surface area contributed by atoms with Crippen molar-refractivity contribution in [2.75, 3.05) is 26.3 Å². The van der Waals surface area contributed by atoms with E-state index in [0.29, 0.717) is 26.3 Å². The maximum absolute atomic E-state index is 12.9. The van der Waals surface area contributed by atoms with Crippen LogP contribution in [-0.4, -0.2) is 39.0 Å². The standard InChI is InChI=1S/C13H18FNO3S/c1-2-15(9-11-7-8-18-10-11)19(16,17)13-5-3-12(14)4-6-13/h3-6,11H,2,7-10H2,1H3. The van der Waals surface area contributed by atoms with Crippen LogP contribution in [0, 0.1) is 11.7 Å². The topological polar surface area (TPSA) is 46.6 Å². The quantitative estimate of drug-likeness (QED) is 0.830. The summed E-state index contributed by atoms with van der Waals surface area (Å²) in [4.78, 5) is 0.134. The number of rotatable bonds is 5. The van der Waals surface area contributed by atoms with Crippen molar-refractivity contribution < 1.29 is 17.5 Å². The summed E-state index contributed by atoms with van der Waals surface area (Å²) in [5.41, 5.74) is 0. The van der Waals surface area contributed by atoms with Crippen LogP contribution in [0.4, 0.5) is 4.39 Å². The number of hydrogen-bond acceptors (Lipinski definition) is 3. The number of benzene rings is 1. The first-order valence-corrected chi connectivity index (χ1v) is 7.81. The Morgan fingerprint density at radius 2 is 2.05 bits per heavy atom. The second-order valence-electron chi connectivity index (χ2n) is 4.64. The van der Waals surface area contributed by atoms with E-state index < -0.39 is 15.8 Å². The van der Waals surface area contributed by atoms with E-state index in [-0.39, 0.29) is 10.8 Å². The zero-order chi connectivity index (χ0) is 13.9. The first kappa shape index (κ1) is 14.4. The molecule has 4 nitrogen and oxygen atoms in total. The van der Waals surface area contributed by atoms with Crippen LogP contribution in [0.5, 0.6) is 0 Å². The van der Waals surface area contributed by atoms with Gasteiger partial charge in [-0.1, -0.05) is 6.92 Å². The Balaban J connectivity index is 2.17. The van der Waals surface area contributed by atoms with Crippen molar-refractivity contribution in [1.82, 2.24) is 4.31 Å². The number of hydrogen-bond donors (Lipinski definition) is 0. The second kappa shape index (κ2) is 5.98. The minimum absolute atomic E-state index is 0.134. The highest BCUT2D eigenvalue weighted by Crippen LogP contribution is 2.20. The Morgan fingerprint density at radius 1 is 1.37 bits per heavy atom. The Hall–Kier alpha value is -0.980. The van der Waals surface area contributed by atoms with Crippen LogP contribution in [0.2, 0.25) is 0 Å². The molecule has 1 aliphatic heterocycles. The van der Waals surface area contributed by atoms with Crippen LogP contribution in [0.3, 0.4) is 0 Å². The monoisotopic (exact) mass is 287 g/mol. The first-order valence-electron chi connectivity index (χ1n) is 6.37. The average Bonchev–Trinajstić information content (AvgIpc) is 2.89. The van der Waals surface area contributed by atoms with Crippen molar-refractivity contribution in [3.63, 3.8) is 0 Å². The molecular weight excluding hydrogens is 269 g/mol. The molecule has 2 rings (SSSR count). The lowest BCUT2D eigenvalue weighted by Crippen LogP contribution is -2.35. The van der Waals surface area contributed by atoms with E-state index in [1.54, 1.807) is 6.92 Å². The highest BCUT2D eigenvalue weighted by Gasteiger charge is 2.27. The zero-order valence-corrected chi connectivity index (χ0v) is 11.7. The molecule has 1 aromatic rings. The number of nitrogens with zero attached hydrogens (tertiary/aromatic N) is 1.